The zero-order chi connectivity index (χ0) is 13.0. The normalized spacial score (nSPS) is 16.1. The Morgan fingerprint density at radius 3 is 2.63 bits per heavy atom. The van der Waals surface area contributed by atoms with Crippen LogP contribution in [0.2, 0.25) is 0 Å². The summed E-state index contributed by atoms with van der Waals surface area (Å²) >= 11 is 3.29. The molecule has 4 rings (SSSR count). The van der Waals surface area contributed by atoms with Crippen LogP contribution < -0.4 is 0 Å². The molecule has 0 atom stereocenters. The van der Waals surface area contributed by atoms with E-state index in [1.807, 2.05) is 18.4 Å². The molecule has 3 aromatic heterocycles. The van der Waals surface area contributed by atoms with Gasteiger partial charge in [0.05, 0.1) is 15.6 Å². The van der Waals surface area contributed by atoms with Crippen LogP contribution in [0.4, 0.5) is 0 Å². The number of hydrogen-bond acceptors (Lipinski definition) is 6. The van der Waals surface area contributed by atoms with Gasteiger partial charge in [-0.05, 0) is 26.7 Å². The summed E-state index contributed by atoms with van der Waals surface area (Å²) in [5, 5.41) is 15.3. The Kier molecular flexibility index (Phi) is 2.46. The monoisotopic (exact) mass is 291 g/mol. The molecule has 1 aliphatic carbocycles. The maximum atomic E-state index is 4.70. The summed E-state index contributed by atoms with van der Waals surface area (Å²) in [7, 11) is 0. The lowest BCUT2D eigenvalue weighted by atomic mass is 9.85. The first-order valence-electron chi connectivity index (χ1n) is 6.39. The zero-order valence-corrected chi connectivity index (χ0v) is 12.4. The first kappa shape index (κ1) is 11.5. The third-order valence-corrected chi connectivity index (χ3v) is 5.71. The van der Waals surface area contributed by atoms with E-state index in [1.165, 1.54) is 19.3 Å². The molecule has 7 heteroatoms. The topological polar surface area (TPSA) is 56.0 Å². The highest BCUT2D eigenvalue weighted by atomic mass is 32.1. The van der Waals surface area contributed by atoms with Gasteiger partial charge in [-0.15, -0.1) is 21.5 Å². The lowest BCUT2D eigenvalue weighted by Gasteiger charge is -2.22. The number of aromatic nitrogens is 5. The molecule has 5 nitrogen and oxygen atoms in total. The molecule has 19 heavy (non-hydrogen) atoms. The van der Waals surface area contributed by atoms with Crippen LogP contribution in [0.15, 0.2) is 0 Å². The van der Waals surface area contributed by atoms with Crippen molar-refractivity contribution in [2.75, 3.05) is 0 Å². The minimum Gasteiger partial charge on any atom is -0.246 e. The Hall–Kier alpha value is -1.34. The van der Waals surface area contributed by atoms with E-state index >= 15 is 0 Å². The molecule has 0 amide bonds. The van der Waals surface area contributed by atoms with Crippen molar-refractivity contribution in [1.29, 1.82) is 0 Å². The van der Waals surface area contributed by atoms with Crippen molar-refractivity contribution >= 4 is 27.6 Å². The van der Waals surface area contributed by atoms with Gasteiger partial charge in [0.25, 0.3) is 0 Å². The van der Waals surface area contributed by atoms with Gasteiger partial charge in [0.2, 0.25) is 4.96 Å². The fourth-order valence-electron chi connectivity index (χ4n) is 2.37. The average Bonchev–Trinajstić information content (AvgIpc) is 2.92. The molecule has 1 fully saturated rings. The van der Waals surface area contributed by atoms with E-state index in [1.54, 1.807) is 22.7 Å². The molecular weight excluding hydrogens is 278 g/mol. The molecule has 98 valence electrons. The number of fused-ring (bicyclic) bond motifs is 1. The van der Waals surface area contributed by atoms with Gasteiger partial charge in [-0.1, -0.05) is 17.8 Å². The van der Waals surface area contributed by atoms with Gasteiger partial charge >= 0.3 is 0 Å². The van der Waals surface area contributed by atoms with Crippen molar-refractivity contribution in [2.45, 2.75) is 39.0 Å². The minimum absolute atomic E-state index is 0.550. The van der Waals surface area contributed by atoms with Gasteiger partial charge in [0.1, 0.15) is 0 Å². The van der Waals surface area contributed by atoms with E-state index in [4.69, 9.17) is 5.10 Å². The van der Waals surface area contributed by atoms with E-state index < -0.39 is 0 Å². The summed E-state index contributed by atoms with van der Waals surface area (Å²) < 4.78 is 1.93. The van der Waals surface area contributed by atoms with Gasteiger partial charge in [-0.25, -0.2) is 4.98 Å². The van der Waals surface area contributed by atoms with Crippen LogP contribution in [0, 0.1) is 13.8 Å². The predicted molar refractivity (Wildman–Crippen MR) is 75.8 cm³/mol. The number of aryl methyl sites for hydroxylation is 2. The second kappa shape index (κ2) is 4.08. The molecule has 0 bridgehead atoms. The van der Waals surface area contributed by atoms with Gasteiger partial charge in [0.15, 0.2) is 10.8 Å². The molecule has 3 aromatic rings. The molecule has 1 aliphatic rings. The molecular formula is C12H13N5S2. The third kappa shape index (κ3) is 1.72. The molecule has 0 saturated heterocycles. The molecule has 0 spiro atoms. The highest BCUT2D eigenvalue weighted by molar-refractivity contribution is 7.24. The maximum absolute atomic E-state index is 4.70. The van der Waals surface area contributed by atoms with Gasteiger partial charge in [-0.2, -0.15) is 9.61 Å². The molecule has 3 heterocycles. The van der Waals surface area contributed by atoms with Crippen molar-refractivity contribution in [3.05, 3.63) is 16.5 Å². The second-order valence-corrected chi connectivity index (χ2v) is 7.09. The first-order chi connectivity index (χ1) is 9.22. The van der Waals surface area contributed by atoms with Crippen molar-refractivity contribution in [3.63, 3.8) is 0 Å². The van der Waals surface area contributed by atoms with E-state index in [2.05, 4.69) is 15.2 Å². The van der Waals surface area contributed by atoms with Crippen LogP contribution in [-0.4, -0.2) is 24.8 Å². The lowest BCUT2D eigenvalue weighted by molar-refractivity contribution is 0.395. The van der Waals surface area contributed by atoms with Crippen LogP contribution in [0.25, 0.3) is 14.8 Å². The summed E-state index contributed by atoms with van der Waals surface area (Å²) in [5.74, 6) is 1.58. The lowest BCUT2D eigenvalue weighted by Crippen LogP contribution is -2.12. The summed E-state index contributed by atoms with van der Waals surface area (Å²) in [6.07, 6.45) is 3.72. The van der Waals surface area contributed by atoms with Crippen molar-refractivity contribution < 1.29 is 0 Å². The highest BCUT2D eigenvalue weighted by Crippen LogP contribution is 2.37. The minimum atomic E-state index is 0.550. The van der Waals surface area contributed by atoms with Crippen molar-refractivity contribution in [3.8, 4) is 9.88 Å². The van der Waals surface area contributed by atoms with Gasteiger partial charge in [-0.3, -0.25) is 0 Å². The Morgan fingerprint density at radius 1 is 1.16 bits per heavy atom. The fraction of sp³-hybridized carbons (Fsp3) is 0.500. The standard InChI is InChI=1S/C12H13N5S2/c1-6-9(18-7(2)13-6)11-16-17-10(8-4-3-5-8)14-15-12(17)19-11/h8H,3-5H2,1-2H3. The smallest absolute Gasteiger partial charge is 0.235 e. The van der Waals surface area contributed by atoms with Crippen LogP contribution in [0.5, 0.6) is 0 Å². The summed E-state index contributed by atoms with van der Waals surface area (Å²) in [6.45, 7) is 4.06. The van der Waals surface area contributed by atoms with Gasteiger partial charge < -0.3 is 0 Å². The summed E-state index contributed by atoms with van der Waals surface area (Å²) in [6, 6.07) is 0. The van der Waals surface area contributed by atoms with Gasteiger partial charge in [0, 0.05) is 5.92 Å². The van der Waals surface area contributed by atoms with E-state index in [9.17, 15) is 0 Å². The molecule has 0 radical (unpaired) electrons. The molecule has 0 unspecified atom stereocenters. The zero-order valence-electron chi connectivity index (χ0n) is 10.8. The highest BCUT2D eigenvalue weighted by Gasteiger charge is 2.26. The number of rotatable bonds is 2. The quantitative estimate of drug-likeness (QED) is 0.727. The second-order valence-electron chi connectivity index (χ2n) is 4.94. The van der Waals surface area contributed by atoms with Crippen molar-refractivity contribution in [1.82, 2.24) is 24.8 Å². The van der Waals surface area contributed by atoms with Crippen LogP contribution in [0.3, 0.4) is 0 Å². The predicted octanol–water partition coefficient (Wildman–Crippen LogP) is 3.19. The van der Waals surface area contributed by atoms with E-state index in [0.29, 0.717) is 5.92 Å². The number of thiazole rings is 1. The van der Waals surface area contributed by atoms with E-state index in [-0.39, 0.29) is 0 Å². The molecule has 0 aliphatic heterocycles. The Morgan fingerprint density at radius 2 is 2.00 bits per heavy atom. The fourth-order valence-corrected chi connectivity index (χ4v) is 4.26. The Labute approximate surface area is 118 Å². The molecule has 0 N–H and O–H groups in total. The number of hydrogen-bond donors (Lipinski definition) is 0. The largest absolute Gasteiger partial charge is 0.246 e. The Balaban J connectivity index is 1.83. The molecule has 0 aromatic carbocycles. The first-order valence-corrected chi connectivity index (χ1v) is 8.02. The van der Waals surface area contributed by atoms with Crippen LogP contribution in [0.1, 0.15) is 41.7 Å². The maximum Gasteiger partial charge on any atom is 0.235 e. The summed E-state index contributed by atoms with van der Waals surface area (Å²) in [4.78, 5) is 6.52. The SMILES string of the molecule is Cc1nc(C)c(-c2nn3c(C4CCC4)nnc3s2)s1. The van der Waals surface area contributed by atoms with Crippen molar-refractivity contribution in [2.24, 2.45) is 0 Å². The van der Waals surface area contributed by atoms with Crippen LogP contribution >= 0.6 is 22.7 Å². The Bertz CT molecular complexity index is 749. The molecule has 1 saturated carbocycles. The average molecular weight is 291 g/mol. The number of nitrogens with zero attached hydrogens (tertiary/aromatic N) is 5. The third-order valence-electron chi connectivity index (χ3n) is 3.58. The summed E-state index contributed by atoms with van der Waals surface area (Å²) in [5.41, 5.74) is 1.05. The van der Waals surface area contributed by atoms with Crippen LogP contribution in [-0.2, 0) is 0 Å². The van der Waals surface area contributed by atoms with E-state index in [0.717, 1.165) is 31.4 Å².